The summed E-state index contributed by atoms with van der Waals surface area (Å²) >= 11 is 5.44. The molecule has 0 aliphatic carbocycles. The summed E-state index contributed by atoms with van der Waals surface area (Å²) in [6.07, 6.45) is 1.95. The van der Waals surface area contributed by atoms with Gasteiger partial charge in [0.25, 0.3) is 0 Å². The Bertz CT molecular complexity index is 1120. The number of aromatic nitrogens is 2. The van der Waals surface area contributed by atoms with E-state index in [4.69, 9.17) is 19.2 Å². The van der Waals surface area contributed by atoms with Crippen molar-refractivity contribution in [3.05, 3.63) is 19.9 Å². The fourth-order valence-electron chi connectivity index (χ4n) is 4.82. The van der Waals surface area contributed by atoms with E-state index >= 15 is 4.39 Å². The Morgan fingerprint density at radius 1 is 1.24 bits per heavy atom. The first kappa shape index (κ1) is 24.2. The van der Waals surface area contributed by atoms with Crippen LogP contribution >= 0.6 is 38.5 Å². The summed E-state index contributed by atoms with van der Waals surface area (Å²) in [7, 11) is 0. The summed E-state index contributed by atoms with van der Waals surface area (Å²) in [6.45, 7) is 7.99. The number of amides is 1. The van der Waals surface area contributed by atoms with E-state index in [1.807, 2.05) is 26.8 Å². The lowest BCUT2D eigenvalue weighted by Gasteiger charge is -2.36. The summed E-state index contributed by atoms with van der Waals surface area (Å²) < 4.78 is 33.5. The summed E-state index contributed by atoms with van der Waals surface area (Å²) in [5, 5.41) is 0.640. The van der Waals surface area contributed by atoms with Gasteiger partial charge in [0.15, 0.2) is 5.82 Å². The highest BCUT2D eigenvalue weighted by molar-refractivity contribution is 14.1. The molecular weight excluding hydrogens is 622 g/mol. The minimum Gasteiger partial charge on any atom is -0.460 e. The minimum atomic E-state index is -0.542. The molecule has 5 rings (SSSR count). The first-order valence-electron chi connectivity index (χ1n) is 11.5. The van der Waals surface area contributed by atoms with Crippen LogP contribution in [0.4, 0.5) is 15.0 Å². The third kappa shape index (κ3) is 4.67. The van der Waals surface area contributed by atoms with Gasteiger partial charge in [0, 0.05) is 34.9 Å². The van der Waals surface area contributed by atoms with E-state index in [1.165, 1.54) is 0 Å². The van der Waals surface area contributed by atoms with Crippen LogP contribution in [0.1, 0.15) is 40.0 Å². The quantitative estimate of drug-likeness (QED) is 0.347. The molecular formula is C23H27BrFIN4O4. The molecule has 0 N–H and O–H groups in total. The molecule has 3 saturated heterocycles. The molecule has 3 aliphatic rings. The number of benzene rings is 1. The van der Waals surface area contributed by atoms with E-state index in [2.05, 4.69) is 48.4 Å². The number of piperazine rings is 1. The number of anilines is 1. The van der Waals surface area contributed by atoms with Gasteiger partial charge in [-0.05, 0) is 71.8 Å². The van der Waals surface area contributed by atoms with Crippen molar-refractivity contribution in [1.82, 2.24) is 14.9 Å². The maximum atomic E-state index is 15.3. The van der Waals surface area contributed by atoms with E-state index in [1.54, 1.807) is 4.90 Å². The normalized spacial score (nSPS) is 23.1. The molecule has 2 atom stereocenters. The summed E-state index contributed by atoms with van der Waals surface area (Å²) in [4.78, 5) is 25.9. The predicted molar refractivity (Wildman–Crippen MR) is 137 cm³/mol. The smallest absolute Gasteiger partial charge is 0.410 e. The molecule has 1 aromatic heterocycles. The van der Waals surface area contributed by atoms with Crippen LogP contribution in [-0.2, 0) is 9.47 Å². The Morgan fingerprint density at radius 3 is 2.62 bits per heavy atom. The fourth-order valence-corrected chi connectivity index (χ4v) is 5.67. The van der Waals surface area contributed by atoms with Gasteiger partial charge >= 0.3 is 12.1 Å². The van der Waals surface area contributed by atoms with Gasteiger partial charge in [-0.1, -0.05) is 0 Å². The maximum absolute atomic E-state index is 15.3. The van der Waals surface area contributed by atoms with E-state index < -0.39 is 11.4 Å². The Kier molecular flexibility index (Phi) is 6.56. The number of halogens is 3. The van der Waals surface area contributed by atoms with E-state index in [0.29, 0.717) is 42.0 Å². The van der Waals surface area contributed by atoms with Gasteiger partial charge in [0.05, 0.1) is 29.8 Å². The average molecular weight is 649 g/mol. The van der Waals surface area contributed by atoms with Crippen molar-refractivity contribution in [2.45, 2.75) is 63.8 Å². The van der Waals surface area contributed by atoms with Crippen LogP contribution in [0.5, 0.6) is 6.01 Å². The van der Waals surface area contributed by atoms with Crippen LogP contribution in [0.15, 0.2) is 10.5 Å². The molecule has 1 aromatic carbocycles. The van der Waals surface area contributed by atoms with Crippen molar-refractivity contribution in [2.24, 2.45) is 0 Å². The molecule has 0 radical (unpaired) electrons. The maximum Gasteiger partial charge on any atom is 0.410 e. The van der Waals surface area contributed by atoms with Gasteiger partial charge in [-0.3, -0.25) is 0 Å². The molecule has 0 unspecified atom stereocenters. The lowest BCUT2D eigenvalue weighted by atomic mass is 10.1. The van der Waals surface area contributed by atoms with Crippen LogP contribution < -0.4 is 9.64 Å². The zero-order valence-electron chi connectivity index (χ0n) is 19.3. The lowest BCUT2D eigenvalue weighted by Crippen LogP contribution is -2.50. The highest BCUT2D eigenvalue weighted by Gasteiger charge is 2.47. The molecule has 8 nitrogen and oxygen atoms in total. The SMILES string of the molecule is CC(C)(C)OC(=O)N1C[C@@H]2C[C@H]1CN2c1nc(OC2CCOCC2)nc2c(F)c(Br)c(I)cc12. The summed E-state index contributed by atoms with van der Waals surface area (Å²) in [6, 6.07) is 2.15. The van der Waals surface area contributed by atoms with Crippen molar-refractivity contribution in [3.63, 3.8) is 0 Å². The second kappa shape index (κ2) is 9.20. The summed E-state index contributed by atoms with van der Waals surface area (Å²) in [5.74, 6) is 0.217. The number of likely N-dealkylation sites (tertiary alicyclic amines) is 1. The molecule has 0 saturated carbocycles. The van der Waals surface area contributed by atoms with Crippen molar-refractivity contribution in [3.8, 4) is 6.01 Å². The molecule has 3 fully saturated rings. The first-order chi connectivity index (χ1) is 16.1. The topological polar surface area (TPSA) is 77.0 Å². The Morgan fingerprint density at radius 2 is 1.97 bits per heavy atom. The van der Waals surface area contributed by atoms with Crippen LogP contribution in [0.3, 0.4) is 0 Å². The molecule has 1 amide bonds. The van der Waals surface area contributed by atoms with Gasteiger partial charge in [-0.2, -0.15) is 9.97 Å². The van der Waals surface area contributed by atoms with Gasteiger partial charge in [-0.15, -0.1) is 0 Å². The van der Waals surface area contributed by atoms with Gasteiger partial charge < -0.3 is 24.0 Å². The second-order valence-corrected chi connectivity index (χ2v) is 11.9. The van der Waals surface area contributed by atoms with Crippen LogP contribution in [-0.4, -0.2) is 71.1 Å². The van der Waals surface area contributed by atoms with E-state index in [-0.39, 0.29) is 35.8 Å². The largest absolute Gasteiger partial charge is 0.460 e. The third-order valence-corrected chi connectivity index (χ3v) is 8.73. The zero-order chi connectivity index (χ0) is 24.2. The lowest BCUT2D eigenvalue weighted by molar-refractivity contribution is 0.0206. The standard InChI is InChI=1S/C23H27BrFIN4O4/c1-23(2,3)34-22(31)30-11-12-8-13(30)10-29(12)20-15-9-16(26)17(24)18(25)19(15)27-21(28-20)33-14-4-6-32-7-5-14/h9,12-14H,4-8,10-11H2,1-3H3/t12-,13-/m0/s1. The fraction of sp³-hybridized carbons (Fsp3) is 0.609. The molecule has 11 heteroatoms. The zero-order valence-corrected chi connectivity index (χ0v) is 23.1. The third-order valence-electron chi connectivity index (χ3n) is 6.37. The van der Waals surface area contributed by atoms with Crippen LogP contribution in [0.25, 0.3) is 10.9 Å². The van der Waals surface area contributed by atoms with Crippen molar-refractivity contribution >= 4 is 61.3 Å². The van der Waals surface area contributed by atoms with Crippen LogP contribution in [0, 0.1) is 9.39 Å². The minimum absolute atomic E-state index is 0.0177. The first-order valence-corrected chi connectivity index (χ1v) is 13.3. The number of carbonyl (C=O) groups excluding carboxylic acids is 1. The Labute approximate surface area is 219 Å². The Balaban J connectivity index is 1.47. The number of carbonyl (C=O) groups is 1. The monoisotopic (exact) mass is 648 g/mol. The number of hydrogen-bond acceptors (Lipinski definition) is 7. The molecule has 3 aliphatic heterocycles. The number of hydrogen-bond donors (Lipinski definition) is 0. The molecule has 184 valence electrons. The van der Waals surface area contributed by atoms with Crippen LogP contribution in [0.2, 0.25) is 0 Å². The predicted octanol–water partition coefficient (Wildman–Crippen LogP) is 4.89. The van der Waals surface area contributed by atoms with Gasteiger partial charge in [-0.25, -0.2) is 9.18 Å². The number of ether oxygens (including phenoxy) is 3. The number of rotatable bonds is 3. The van der Waals surface area contributed by atoms with Gasteiger partial charge in [0.2, 0.25) is 0 Å². The Hall–Kier alpha value is -1.47. The highest BCUT2D eigenvalue weighted by Crippen LogP contribution is 2.40. The van der Waals surface area contributed by atoms with E-state index in [9.17, 15) is 4.79 Å². The van der Waals surface area contributed by atoms with E-state index in [0.717, 1.165) is 22.8 Å². The van der Waals surface area contributed by atoms with Crippen molar-refractivity contribution < 1.29 is 23.4 Å². The highest BCUT2D eigenvalue weighted by atomic mass is 127. The molecule has 4 heterocycles. The molecule has 2 aromatic rings. The van der Waals surface area contributed by atoms with Crippen molar-refractivity contribution in [1.29, 1.82) is 0 Å². The number of nitrogens with zero attached hydrogens (tertiary/aromatic N) is 4. The average Bonchev–Trinajstić information content (AvgIpc) is 3.38. The summed E-state index contributed by atoms with van der Waals surface area (Å²) in [5.41, 5.74) is -0.314. The van der Waals surface area contributed by atoms with Gasteiger partial charge in [0.1, 0.15) is 23.0 Å². The molecule has 34 heavy (non-hydrogen) atoms. The van der Waals surface area contributed by atoms with Crippen molar-refractivity contribution in [2.75, 3.05) is 31.2 Å². The molecule has 2 bridgehead atoms. The number of fused-ring (bicyclic) bond motifs is 3. The second-order valence-electron chi connectivity index (χ2n) is 9.97. The molecule has 0 spiro atoms.